The Kier molecular flexibility index (Phi) is 9.57. The van der Waals surface area contributed by atoms with Crippen molar-refractivity contribution in [3.05, 3.63) is 58.1 Å². The molecule has 3 N–H and O–H groups in total. The maximum atomic E-state index is 13.9. The van der Waals surface area contributed by atoms with E-state index in [1.54, 1.807) is 42.2 Å². The molecule has 0 bridgehead atoms. The molecule has 9 heteroatoms. The van der Waals surface area contributed by atoms with Crippen LogP contribution in [0.5, 0.6) is 0 Å². The van der Waals surface area contributed by atoms with Crippen molar-refractivity contribution in [3.8, 4) is 0 Å². The molecule has 1 aliphatic heterocycles. The molecular weight excluding hydrogens is 508 g/mol. The first-order chi connectivity index (χ1) is 17.8. The standard InChI is InChI=1S/C29H37ClN2O6/c1-6-17(2)11-24-22-12-19(30)8-10-23(22)32(15-29(4,5)16-33)27(35)25(38-24)14-26(34)31-20-9-7-18(3)21(13-20)28(36)37/h7-10,12-13,17,24-25,33H,6,11,14-16H2,1-5H3,(H,31,34)(H,36,37)/t17?,24-,25+/m0/s1. The Bertz CT molecular complexity index is 1200. The zero-order valence-corrected chi connectivity index (χ0v) is 23.3. The highest BCUT2D eigenvalue weighted by Gasteiger charge is 2.39. The number of aliphatic hydroxyl groups excluding tert-OH is 1. The number of nitrogens with zero attached hydrogens (tertiary/aromatic N) is 1. The lowest BCUT2D eigenvalue weighted by atomic mass is 9.92. The summed E-state index contributed by atoms with van der Waals surface area (Å²) < 4.78 is 6.38. The number of benzene rings is 2. The molecule has 0 saturated carbocycles. The molecule has 0 aliphatic carbocycles. The smallest absolute Gasteiger partial charge is 0.336 e. The number of hydrogen-bond donors (Lipinski definition) is 3. The largest absolute Gasteiger partial charge is 0.478 e. The van der Waals surface area contributed by atoms with E-state index in [0.29, 0.717) is 34.3 Å². The summed E-state index contributed by atoms with van der Waals surface area (Å²) in [5.74, 6) is -1.66. The molecule has 0 radical (unpaired) electrons. The highest BCUT2D eigenvalue weighted by molar-refractivity contribution is 6.30. The van der Waals surface area contributed by atoms with Crippen molar-refractivity contribution >= 4 is 40.8 Å². The van der Waals surface area contributed by atoms with Gasteiger partial charge in [-0.1, -0.05) is 51.8 Å². The molecule has 2 amide bonds. The van der Waals surface area contributed by atoms with Crippen LogP contribution in [-0.4, -0.2) is 47.3 Å². The zero-order valence-electron chi connectivity index (χ0n) is 22.6. The van der Waals surface area contributed by atoms with Gasteiger partial charge >= 0.3 is 5.97 Å². The first-order valence-electron chi connectivity index (χ1n) is 12.9. The van der Waals surface area contributed by atoms with Gasteiger partial charge in [0, 0.05) is 40.5 Å². The number of nitrogens with one attached hydrogen (secondary N) is 1. The summed E-state index contributed by atoms with van der Waals surface area (Å²) in [6.07, 6.45) is -0.277. The molecule has 0 aromatic heterocycles. The first-order valence-corrected chi connectivity index (χ1v) is 13.2. The first kappa shape index (κ1) is 29.6. The lowest BCUT2D eigenvalue weighted by molar-refractivity contribution is -0.138. The number of rotatable bonds is 10. The Morgan fingerprint density at radius 3 is 2.53 bits per heavy atom. The minimum absolute atomic E-state index is 0.0861. The van der Waals surface area contributed by atoms with Crippen LogP contribution in [0.4, 0.5) is 11.4 Å². The van der Waals surface area contributed by atoms with Gasteiger partial charge in [-0.25, -0.2) is 4.79 Å². The molecular formula is C29H37ClN2O6. The third-order valence-electron chi connectivity index (χ3n) is 6.95. The normalized spacial score (nSPS) is 18.5. The minimum Gasteiger partial charge on any atom is -0.478 e. The van der Waals surface area contributed by atoms with Gasteiger partial charge in [-0.2, -0.15) is 0 Å². The van der Waals surface area contributed by atoms with Gasteiger partial charge in [-0.3, -0.25) is 9.59 Å². The van der Waals surface area contributed by atoms with Crippen molar-refractivity contribution in [2.75, 3.05) is 23.4 Å². The van der Waals surface area contributed by atoms with E-state index < -0.39 is 29.5 Å². The Morgan fingerprint density at radius 1 is 1.18 bits per heavy atom. The molecule has 206 valence electrons. The topological polar surface area (TPSA) is 116 Å². The number of aliphatic hydroxyl groups is 1. The van der Waals surface area contributed by atoms with Gasteiger partial charge in [0.05, 0.1) is 18.1 Å². The predicted molar refractivity (Wildman–Crippen MR) is 148 cm³/mol. The Labute approximate surface area is 228 Å². The van der Waals surface area contributed by atoms with Gasteiger partial charge in [-0.15, -0.1) is 0 Å². The summed E-state index contributed by atoms with van der Waals surface area (Å²) in [6, 6.07) is 9.95. The third kappa shape index (κ3) is 7.12. The number of fused-ring (bicyclic) bond motifs is 1. The highest BCUT2D eigenvalue weighted by Crippen LogP contribution is 2.41. The zero-order chi connectivity index (χ0) is 28.2. The van der Waals surface area contributed by atoms with Gasteiger partial charge in [0.25, 0.3) is 5.91 Å². The molecule has 1 heterocycles. The summed E-state index contributed by atoms with van der Waals surface area (Å²) in [4.78, 5) is 40.1. The van der Waals surface area contributed by atoms with E-state index in [1.165, 1.54) is 6.07 Å². The second-order valence-corrected chi connectivity index (χ2v) is 11.3. The molecule has 1 aliphatic rings. The van der Waals surface area contributed by atoms with E-state index in [-0.39, 0.29) is 31.0 Å². The molecule has 0 spiro atoms. The second-order valence-electron chi connectivity index (χ2n) is 10.9. The lowest BCUT2D eigenvalue weighted by Gasteiger charge is -2.32. The summed E-state index contributed by atoms with van der Waals surface area (Å²) >= 11 is 6.36. The highest BCUT2D eigenvalue weighted by atomic mass is 35.5. The number of carboxylic acid groups (broad SMARTS) is 1. The minimum atomic E-state index is -1.09. The number of halogens is 1. The lowest BCUT2D eigenvalue weighted by Crippen LogP contribution is -2.46. The number of hydrogen-bond acceptors (Lipinski definition) is 5. The average molecular weight is 545 g/mol. The number of carboxylic acids is 1. The van der Waals surface area contributed by atoms with Gasteiger partial charge in [-0.05, 0) is 55.2 Å². The van der Waals surface area contributed by atoms with E-state index in [1.807, 2.05) is 13.8 Å². The molecule has 3 rings (SSSR count). The van der Waals surface area contributed by atoms with E-state index in [2.05, 4.69) is 19.2 Å². The number of carbonyl (C=O) groups is 3. The third-order valence-corrected chi connectivity index (χ3v) is 7.18. The van der Waals surface area contributed by atoms with Gasteiger partial charge in [0.1, 0.15) is 6.10 Å². The van der Waals surface area contributed by atoms with Crippen LogP contribution in [0.1, 0.15) is 74.5 Å². The fourth-order valence-corrected chi connectivity index (χ4v) is 4.63. The van der Waals surface area contributed by atoms with Crippen LogP contribution in [0.25, 0.3) is 0 Å². The fourth-order valence-electron chi connectivity index (χ4n) is 4.45. The Hall–Kier alpha value is -2.94. The quantitative estimate of drug-likeness (QED) is 0.358. The summed E-state index contributed by atoms with van der Waals surface area (Å²) in [7, 11) is 0. The van der Waals surface area contributed by atoms with Crippen molar-refractivity contribution in [2.24, 2.45) is 11.3 Å². The maximum absolute atomic E-state index is 13.9. The Balaban J connectivity index is 1.96. The maximum Gasteiger partial charge on any atom is 0.336 e. The molecule has 2 aromatic rings. The molecule has 8 nitrogen and oxygen atoms in total. The number of ether oxygens (including phenoxy) is 1. The summed E-state index contributed by atoms with van der Waals surface area (Å²) in [5.41, 5.74) is 1.80. The molecule has 3 atom stereocenters. The van der Waals surface area contributed by atoms with Crippen LogP contribution < -0.4 is 10.2 Å². The number of amides is 2. The number of carbonyl (C=O) groups excluding carboxylic acids is 2. The second kappa shape index (κ2) is 12.3. The van der Waals surface area contributed by atoms with Crippen molar-refractivity contribution in [1.29, 1.82) is 0 Å². The van der Waals surface area contributed by atoms with E-state index in [0.717, 1.165) is 12.0 Å². The number of anilines is 2. The van der Waals surface area contributed by atoms with Crippen LogP contribution in [0.3, 0.4) is 0 Å². The van der Waals surface area contributed by atoms with Crippen molar-refractivity contribution in [2.45, 2.75) is 66.1 Å². The van der Waals surface area contributed by atoms with Crippen molar-refractivity contribution < 1.29 is 29.3 Å². The fraction of sp³-hybridized carbons (Fsp3) is 0.483. The van der Waals surface area contributed by atoms with Crippen LogP contribution >= 0.6 is 11.6 Å². The van der Waals surface area contributed by atoms with Gasteiger partial charge < -0.3 is 25.2 Å². The number of aryl methyl sites for hydroxylation is 1. The molecule has 1 unspecified atom stereocenters. The van der Waals surface area contributed by atoms with Crippen LogP contribution in [0, 0.1) is 18.3 Å². The van der Waals surface area contributed by atoms with E-state index in [9.17, 15) is 24.6 Å². The number of aromatic carboxylic acids is 1. The Morgan fingerprint density at radius 2 is 1.89 bits per heavy atom. The van der Waals surface area contributed by atoms with Gasteiger partial charge in [0.15, 0.2) is 0 Å². The van der Waals surface area contributed by atoms with Crippen molar-refractivity contribution in [1.82, 2.24) is 0 Å². The van der Waals surface area contributed by atoms with E-state index >= 15 is 0 Å². The van der Waals surface area contributed by atoms with Gasteiger partial charge in [0.2, 0.25) is 5.91 Å². The van der Waals surface area contributed by atoms with Crippen LogP contribution in [0.15, 0.2) is 36.4 Å². The summed E-state index contributed by atoms with van der Waals surface area (Å²) in [5, 5.41) is 22.6. The van der Waals surface area contributed by atoms with Crippen LogP contribution in [-0.2, 0) is 14.3 Å². The monoisotopic (exact) mass is 544 g/mol. The SMILES string of the molecule is CCC(C)C[C@@H]1O[C@H](CC(=O)Nc2ccc(C)c(C(=O)O)c2)C(=O)N(CC(C)(C)CO)c2ccc(Cl)cc21. The molecule has 38 heavy (non-hydrogen) atoms. The predicted octanol–water partition coefficient (Wildman–Crippen LogP) is 5.60. The van der Waals surface area contributed by atoms with Crippen LogP contribution in [0.2, 0.25) is 5.02 Å². The molecule has 0 fully saturated rings. The van der Waals surface area contributed by atoms with E-state index in [4.69, 9.17) is 16.3 Å². The molecule has 2 aromatic carbocycles. The molecule has 0 saturated heterocycles. The van der Waals surface area contributed by atoms with Crippen molar-refractivity contribution in [3.63, 3.8) is 0 Å². The average Bonchev–Trinajstić information content (AvgIpc) is 2.95. The summed E-state index contributed by atoms with van der Waals surface area (Å²) in [6.45, 7) is 9.66.